The Morgan fingerprint density at radius 1 is 1.04 bits per heavy atom. The fraction of sp³-hybridized carbons (Fsp3) is 0.353. The Labute approximate surface area is 150 Å². The van der Waals surface area contributed by atoms with E-state index in [2.05, 4.69) is 0 Å². The minimum absolute atomic E-state index is 0.0437. The number of carbonyl (C=O) groups is 3. The van der Waals surface area contributed by atoms with E-state index in [-0.39, 0.29) is 37.2 Å². The van der Waals surface area contributed by atoms with Crippen molar-refractivity contribution in [2.45, 2.75) is 12.8 Å². The monoisotopic (exact) mass is 358 g/mol. The van der Waals surface area contributed by atoms with Crippen LogP contribution in [0.5, 0.6) is 5.75 Å². The highest BCUT2D eigenvalue weighted by Crippen LogP contribution is 2.19. The van der Waals surface area contributed by atoms with Crippen LogP contribution < -0.4 is 10.5 Å². The minimum atomic E-state index is -0.807. The number of nitriles is 2. The number of nitrogens with zero attached hydrogens (tertiary/aromatic N) is 3. The van der Waals surface area contributed by atoms with Crippen LogP contribution in [0.4, 0.5) is 0 Å². The predicted octanol–water partition coefficient (Wildman–Crippen LogP) is 0.363. The zero-order valence-corrected chi connectivity index (χ0v) is 14.0. The van der Waals surface area contributed by atoms with Gasteiger partial charge in [0.05, 0.1) is 25.0 Å². The first-order valence-electron chi connectivity index (χ1n) is 7.68. The predicted molar refractivity (Wildman–Crippen MR) is 88.5 cm³/mol. The molecule has 0 unspecified atom stereocenters. The van der Waals surface area contributed by atoms with Crippen molar-refractivity contribution in [2.24, 2.45) is 5.73 Å². The Bertz CT molecular complexity index is 717. The van der Waals surface area contributed by atoms with Crippen LogP contribution in [0.1, 0.15) is 23.2 Å². The highest BCUT2D eigenvalue weighted by molar-refractivity contribution is 5.94. The van der Waals surface area contributed by atoms with Gasteiger partial charge in [0, 0.05) is 13.1 Å². The summed E-state index contributed by atoms with van der Waals surface area (Å²) in [7, 11) is 0. The molecule has 0 aromatic heterocycles. The van der Waals surface area contributed by atoms with Gasteiger partial charge in [0.1, 0.15) is 11.3 Å². The lowest BCUT2D eigenvalue weighted by atomic mass is 10.2. The van der Waals surface area contributed by atoms with Crippen LogP contribution in [0.2, 0.25) is 0 Å². The van der Waals surface area contributed by atoms with Crippen molar-refractivity contribution >= 4 is 17.8 Å². The second-order valence-electron chi connectivity index (χ2n) is 5.02. The van der Waals surface area contributed by atoms with Gasteiger partial charge in [-0.25, -0.2) is 4.79 Å². The van der Waals surface area contributed by atoms with Gasteiger partial charge in [-0.2, -0.15) is 10.5 Å². The summed E-state index contributed by atoms with van der Waals surface area (Å²) in [6, 6.07) is 9.88. The number of hydrogen-bond donors (Lipinski definition) is 1. The van der Waals surface area contributed by atoms with Crippen molar-refractivity contribution in [2.75, 3.05) is 26.3 Å². The van der Waals surface area contributed by atoms with E-state index >= 15 is 0 Å². The summed E-state index contributed by atoms with van der Waals surface area (Å²) in [4.78, 5) is 36.4. The first kappa shape index (κ1) is 20.5. The second kappa shape index (κ2) is 11.0. The maximum absolute atomic E-state index is 12.2. The third-order valence-corrected chi connectivity index (χ3v) is 3.14. The summed E-state index contributed by atoms with van der Waals surface area (Å²) in [5.74, 6) is -1.91. The standard InChI is InChI=1S/C17H18N4O5/c18-7-3-9-21(10-4-8-19)16(23)12-26-17(24)13-5-1-2-6-14(13)25-11-15(20)22/h1-2,5-6H,3-4,9-12H2,(H2,20,22). The lowest BCUT2D eigenvalue weighted by Crippen LogP contribution is -2.36. The molecule has 0 bridgehead atoms. The molecule has 0 aliphatic heterocycles. The average molecular weight is 358 g/mol. The fourth-order valence-electron chi connectivity index (χ4n) is 1.94. The number of rotatable bonds is 10. The van der Waals surface area contributed by atoms with Crippen molar-refractivity contribution in [1.82, 2.24) is 4.90 Å². The lowest BCUT2D eigenvalue weighted by Gasteiger charge is -2.20. The normalized spacial score (nSPS) is 9.46. The van der Waals surface area contributed by atoms with Crippen molar-refractivity contribution in [3.8, 4) is 17.9 Å². The Hall–Kier alpha value is -3.59. The molecule has 0 aliphatic carbocycles. The molecule has 1 aromatic rings. The molecule has 0 spiro atoms. The Kier molecular flexibility index (Phi) is 8.69. The zero-order chi connectivity index (χ0) is 19.4. The van der Waals surface area contributed by atoms with Crippen molar-refractivity contribution in [3.63, 3.8) is 0 Å². The van der Waals surface area contributed by atoms with E-state index in [9.17, 15) is 14.4 Å². The topological polar surface area (TPSA) is 147 Å². The quantitative estimate of drug-likeness (QED) is 0.594. The van der Waals surface area contributed by atoms with Crippen LogP contribution in [0, 0.1) is 22.7 Å². The van der Waals surface area contributed by atoms with Gasteiger partial charge in [-0.1, -0.05) is 12.1 Å². The first-order chi connectivity index (χ1) is 12.5. The van der Waals surface area contributed by atoms with E-state index in [4.69, 9.17) is 25.7 Å². The Morgan fingerprint density at radius 2 is 1.65 bits per heavy atom. The maximum Gasteiger partial charge on any atom is 0.342 e. The number of para-hydroxylation sites is 1. The SMILES string of the molecule is N#CCCN(CCC#N)C(=O)COC(=O)c1ccccc1OCC(N)=O. The molecule has 0 fully saturated rings. The van der Waals surface area contributed by atoms with Crippen molar-refractivity contribution in [3.05, 3.63) is 29.8 Å². The number of hydrogen-bond acceptors (Lipinski definition) is 7. The van der Waals surface area contributed by atoms with Crippen molar-refractivity contribution < 1.29 is 23.9 Å². The van der Waals surface area contributed by atoms with Gasteiger partial charge in [0.25, 0.3) is 11.8 Å². The van der Waals surface area contributed by atoms with Gasteiger partial charge in [-0.3, -0.25) is 9.59 Å². The molecule has 26 heavy (non-hydrogen) atoms. The molecular formula is C17H18N4O5. The van der Waals surface area contributed by atoms with E-state index in [1.807, 2.05) is 12.1 Å². The van der Waals surface area contributed by atoms with Gasteiger partial charge < -0.3 is 20.1 Å². The number of carbonyl (C=O) groups excluding carboxylic acids is 3. The molecule has 136 valence electrons. The molecular weight excluding hydrogens is 340 g/mol. The Balaban J connectivity index is 2.69. The minimum Gasteiger partial charge on any atom is -0.483 e. The summed E-state index contributed by atoms with van der Waals surface area (Å²) < 4.78 is 10.1. The zero-order valence-electron chi connectivity index (χ0n) is 14.0. The van der Waals surface area contributed by atoms with E-state index < -0.39 is 31.0 Å². The summed E-state index contributed by atoms with van der Waals surface area (Å²) in [5.41, 5.74) is 5.05. The molecule has 9 heteroatoms. The number of ether oxygens (including phenoxy) is 2. The van der Waals surface area contributed by atoms with Gasteiger partial charge in [0.2, 0.25) is 0 Å². The van der Waals surface area contributed by atoms with Crippen LogP contribution in [0.3, 0.4) is 0 Å². The van der Waals surface area contributed by atoms with E-state index in [1.165, 1.54) is 17.0 Å². The number of nitrogens with two attached hydrogens (primary N) is 1. The molecule has 2 N–H and O–H groups in total. The van der Waals surface area contributed by atoms with Crippen molar-refractivity contribution in [1.29, 1.82) is 10.5 Å². The summed E-state index contributed by atoms with van der Waals surface area (Å²) in [5, 5.41) is 17.2. The van der Waals surface area contributed by atoms with Gasteiger partial charge in [-0.05, 0) is 12.1 Å². The number of primary amides is 1. The largest absolute Gasteiger partial charge is 0.483 e. The summed E-state index contributed by atoms with van der Waals surface area (Å²) in [6.45, 7) is -0.654. The first-order valence-corrected chi connectivity index (χ1v) is 7.68. The molecule has 0 saturated carbocycles. The van der Waals surface area contributed by atoms with Crippen LogP contribution in [-0.2, 0) is 14.3 Å². The molecule has 9 nitrogen and oxygen atoms in total. The van der Waals surface area contributed by atoms with Gasteiger partial charge in [0.15, 0.2) is 13.2 Å². The number of amides is 2. The maximum atomic E-state index is 12.2. The highest BCUT2D eigenvalue weighted by Gasteiger charge is 2.18. The second-order valence-corrected chi connectivity index (χ2v) is 5.02. The third kappa shape index (κ3) is 6.89. The molecule has 0 heterocycles. The molecule has 1 aromatic carbocycles. The van der Waals surface area contributed by atoms with Crippen LogP contribution >= 0.6 is 0 Å². The molecule has 0 saturated heterocycles. The smallest absolute Gasteiger partial charge is 0.342 e. The molecule has 2 amide bonds. The summed E-state index contributed by atoms with van der Waals surface area (Å²) >= 11 is 0. The van der Waals surface area contributed by atoms with Crippen LogP contribution in [-0.4, -0.2) is 49.0 Å². The third-order valence-electron chi connectivity index (χ3n) is 3.14. The number of benzene rings is 1. The van der Waals surface area contributed by atoms with E-state index in [0.29, 0.717) is 0 Å². The molecule has 1 rings (SSSR count). The molecule has 0 atom stereocenters. The van der Waals surface area contributed by atoms with E-state index in [1.54, 1.807) is 12.1 Å². The number of esters is 1. The lowest BCUT2D eigenvalue weighted by molar-refractivity contribution is -0.134. The van der Waals surface area contributed by atoms with Gasteiger partial charge in [-0.15, -0.1) is 0 Å². The Morgan fingerprint density at radius 3 is 2.23 bits per heavy atom. The molecule has 0 aliphatic rings. The average Bonchev–Trinajstić information content (AvgIpc) is 2.64. The van der Waals surface area contributed by atoms with Crippen LogP contribution in [0.15, 0.2) is 24.3 Å². The molecule has 0 radical (unpaired) electrons. The van der Waals surface area contributed by atoms with Crippen LogP contribution in [0.25, 0.3) is 0 Å². The summed E-state index contributed by atoms with van der Waals surface area (Å²) in [6.07, 6.45) is 0.212. The van der Waals surface area contributed by atoms with E-state index in [0.717, 1.165) is 0 Å². The fourth-order valence-corrected chi connectivity index (χ4v) is 1.94. The highest BCUT2D eigenvalue weighted by atomic mass is 16.5. The van der Waals surface area contributed by atoms with Gasteiger partial charge >= 0.3 is 5.97 Å².